The molecule has 0 amide bonds. The molecule has 4 heterocycles. The van der Waals surface area contributed by atoms with Gasteiger partial charge in [-0.15, -0.1) is 29.1 Å². The van der Waals surface area contributed by atoms with E-state index in [-0.39, 0.29) is 60.2 Å². The Kier molecular flexibility index (Phi) is 8.17. The predicted octanol–water partition coefficient (Wildman–Crippen LogP) is 15.7. The Morgan fingerprint density at radius 1 is 0.652 bits per heavy atom. The summed E-state index contributed by atoms with van der Waals surface area (Å²) >= 11 is 0. The second-order valence-corrected chi connectivity index (χ2v) is 17.9. The number of rotatable bonds is 8. The van der Waals surface area contributed by atoms with Gasteiger partial charge >= 0.3 is 27.1 Å². The van der Waals surface area contributed by atoms with E-state index in [0.29, 0.717) is 34.1 Å². The van der Waals surface area contributed by atoms with Crippen molar-refractivity contribution in [1.29, 1.82) is 0 Å². The molecule has 6 nitrogen and oxygen atoms in total. The molecular weight excluding hydrogens is 1030 g/mol. The summed E-state index contributed by atoms with van der Waals surface area (Å²) in [5.74, 6) is 1.33. The SMILES string of the molecule is [2H]c1c([2H])c(C([2H])([2H])[2H])c([2H])c([2H])c1-c1cccc(-c2c([2H])c([2H])c(C([2H])([2H])[2H])c([2H])c2[2H])c1[N+]1=C=[N+](c2[c-]c(Oc3[c-]c4c(cc3)c3ccncc3n4-c3cc(C(C)(C)C)ccn3)cc(-c3c(C)cc(C)cc3C)c2)c2ccccc21.[Pt+2]. The third-order valence-corrected chi connectivity index (χ3v) is 12.2. The minimum absolute atomic E-state index is 0. The van der Waals surface area contributed by atoms with Crippen molar-refractivity contribution in [3.05, 3.63) is 210 Å². The quantitative estimate of drug-likeness (QED) is 0.113. The molecule has 0 saturated heterocycles. The molecule has 69 heavy (non-hydrogen) atoms. The van der Waals surface area contributed by atoms with Gasteiger partial charge in [0.25, 0.3) is 11.4 Å². The van der Waals surface area contributed by atoms with Crippen LogP contribution in [0.25, 0.3) is 61.0 Å². The van der Waals surface area contributed by atoms with E-state index in [9.17, 15) is 5.48 Å². The molecule has 338 valence electrons. The van der Waals surface area contributed by atoms with E-state index < -0.39 is 73.2 Å². The summed E-state index contributed by atoms with van der Waals surface area (Å²) in [4.78, 5) is 9.30. The molecule has 7 aromatic carbocycles. The number of hydrogen-bond donors (Lipinski definition) is 0. The van der Waals surface area contributed by atoms with Crippen molar-refractivity contribution in [3.8, 4) is 50.7 Å². The molecule has 3 aromatic heterocycles. The standard InChI is InChI=1S/C62H51N5O.Pt/c1-39-16-20-44(21-17-39)51-12-11-13-52(45-22-18-40(2)19-23-45)61(51)66-38-65(55-14-9-10-15-56(55)66)48-32-46(60-42(4)30-41(3)31-43(60)5)33-50(35-48)68-49-24-25-53-54-27-28-63-37-58(54)67(57(53)36-49)59-34-47(26-29-64-59)62(6,7)8;/h9-34,37H,1-8H3;/q;+2/i1D3,2D3,16D,17D,18D,19D,20D,21D,22D,23D;. The van der Waals surface area contributed by atoms with Crippen LogP contribution in [0.5, 0.6) is 11.5 Å². The summed E-state index contributed by atoms with van der Waals surface area (Å²) in [6.07, 6.45) is 5.35. The van der Waals surface area contributed by atoms with Crippen molar-refractivity contribution in [2.75, 3.05) is 0 Å². The van der Waals surface area contributed by atoms with Crippen LogP contribution in [0.1, 0.15) is 73.3 Å². The van der Waals surface area contributed by atoms with Gasteiger partial charge in [0.2, 0.25) is 5.69 Å². The zero-order chi connectivity index (χ0) is 58.8. The molecule has 0 atom stereocenters. The smallest absolute Gasteiger partial charge is 0.509 e. The second kappa shape index (κ2) is 17.9. The van der Waals surface area contributed by atoms with Gasteiger partial charge < -0.3 is 9.30 Å². The molecular formula is C62H51N5OPt+2. The molecule has 0 bridgehead atoms. The van der Waals surface area contributed by atoms with Gasteiger partial charge in [-0.05, 0) is 114 Å². The number of nitrogens with zero attached hydrogens (tertiary/aromatic N) is 5. The first-order chi connectivity index (χ1) is 38.6. The van der Waals surface area contributed by atoms with Gasteiger partial charge in [0, 0.05) is 44.2 Å². The van der Waals surface area contributed by atoms with Crippen LogP contribution < -0.4 is 13.9 Å². The van der Waals surface area contributed by atoms with Crippen molar-refractivity contribution < 1.29 is 45.0 Å². The average Bonchev–Trinajstić information content (AvgIpc) is 2.32. The fraction of sp³-hybridized carbons (Fsp3) is 0.145. The Bertz CT molecular complexity index is 4280. The molecule has 11 rings (SSSR count). The van der Waals surface area contributed by atoms with Gasteiger partial charge in [0.15, 0.2) is 0 Å². The number of aryl methyl sites for hydroxylation is 3. The van der Waals surface area contributed by atoms with Crippen LogP contribution in [0.4, 0.5) is 22.7 Å². The number of hydrogen-bond acceptors (Lipinski definition) is 3. The van der Waals surface area contributed by atoms with E-state index in [1.807, 2.05) is 67.8 Å². The number of para-hydroxylation sites is 3. The van der Waals surface area contributed by atoms with Crippen molar-refractivity contribution in [2.24, 2.45) is 0 Å². The Morgan fingerprint density at radius 2 is 1.32 bits per heavy atom. The van der Waals surface area contributed by atoms with E-state index >= 15 is 0 Å². The topological polar surface area (TPSA) is 46.0 Å². The molecule has 0 unspecified atom stereocenters. The normalized spacial score (nSPS) is 15.4. The summed E-state index contributed by atoms with van der Waals surface area (Å²) in [5.41, 5.74) is 6.20. The van der Waals surface area contributed by atoms with Crippen molar-refractivity contribution in [2.45, 2.75) is 60.7 Å². The molecule has 0 saturated carbocycles. The van der Waals surface area contributed by atoms with Gasteiger partial charge in [-0.25, -0.2) is 4.98 Å². The van der Waals surface area contributed by atoms with Crippen molar-refractivity contribution >= 4 is 50.6 Å². The van der Waals surface area contributed by atoms with E-state index in [4.69, 9.17) is 23.4 Å². The molecule has 1 aliphatic heterocycles. The third kappa shape index (κ3) is 8.35. The van der Waals surface area contributed by atoms with Crippen LogP contribution in [0.15, 0.2) is 164 Å². The first-order valence-corrected chi connectivity index (χ1v) is 22.1. The Hall–Kier alpha value is -7.49. The maximum Gasteiger partial charge on any atom is 2.00 e. The van der Waals surface area contributed by atoms with E-state index in [0.717, 1.165) is 49.7 Å². The summed E-state index contributed by atoms with van der Waals surface area (Å²) in [7, 11) is 0. The summed E-state index contributed by atoms with van der Waals surface area (Å²) < 4.78 is 134. The van der Waals surface area contributed by atoms with E-state index in [1.165, 1.54) is 22.8 Å². The van der Waals surface area contributed by atoms with E-state index in [2.05, 4.69) is 62.1 Å². The monoisotopic (exact) mass is 1090 g/mol. The first kappa shape index (κ1) is 31.5. The number of pyridine rings is 2. The molecule has 0 spiro atoms. The van der Waals surface area contributed by atoms with E-state index in [1.54, 1.807) is 41.4 Å². The Labute approximate surface area is 438 Å². The Morgan fingerprint density at radius 3 is 1.97 bits per heavy atom. The first-order valence-electron chi connectivity index (χ1n) is 29.1. The van der Waals surface area contributed by atoms with Gasteiger partial charge in [-0.2, -0.15) is 6.07 Å². The van der Waals surface area contributed by atoms with Crippen molar-refractivity contribution in [1.82, 2.24) is 23.7 Å². The van der Waals surface area contributed by atoms with Gasteiger partial charge in [0.1, 0.15) is 11.5 Å². The third-order valence-electron chi connectivity index (χ3n) is 12.2. The number of ether oxygens (including phenoxy) is 1. The average molecular weight is 1090 g/mol. The van der Waals surface area contributed by atoms with Crippen LogP contribution in [0, 0.1) is 46.6 Å². The predicted molar refractivity (Wildman–Crippen MR) is 280 cm³/mol. The summed E-state index contributed by atoms with van der Waals surface area (Å²) in [6, 6.07) is 33.9. The molecule has 0 aliphatic carbocycles. The maximum absolute atomic E-state index is 9.31. The zero-order valence-corrected chi connectivity index (χ0v) is 40.7. The molecule has 7 heteroatoms. The summed E-state index contributed by atoms with van der Waals surface area (Å²) in [5, 5.41) is 1.85. The van der Waals surface area contributed by atoms with Crippen LogP contribution in [-0.4, -0.2) is 20.5 Å². The van der Waals surface area contributed by atoms with Gasteiger partial charge in [0.05, 0.1) is 33.8 Å². The summed E-state index contributed by atoms with van der Waals surface area (Å²) in [6.45, 7) is 6.47. The van der Waals surface area contributed by atoms with Crippen molar-refractivity contribution in [3.63, 3.8) is 0 Å². The molecule has 0 N–H and O–H groups in total. The van der Waals surface area contributed by atoms with Gasteiger partial charge in [-0.1, -0.05) is 138 Å². The van der Waals surface area contributed by atoms with Crippen LogP contribution in [0.2, 0.25) is 0 Å². The zero-order valence-electron chi connectivity index (χ0n) is 52.4. The van der Waals surface area contributed by atoms with Gasteiger partial charge in [-0.3, -0.25) is 4.98 Å². The molecule has 1 aliphatic rings. The molecule has 0 fully saturated rings. The minimum Gasteiger partial charge on any atom is -0.509 e. The molecule has 10 aromatic rings. The number of benzene rings is 7. The minimum atomic E-state index is -3.03. The number of aromatic nitrogens is 3. The largest absolute Gasteiger partial charge is 2.00 e. The molecule has 0 radical (unpaired) electrons. The fourth-order valence-electron chi connectivity index (χ4n) is 9.16. The number of fused-ring (bicyclic) bond motifs is 4. The Balaban J connectivity index is 0.00000769. The van der Waals surface area contributed by atoms with Crippen LogP contribution in [-0.2, 0) is 26.5 Å². The van der Waals surface area contributed by atoms with Crippen LogP contribution in [0.3, 0.4) is 0 Å². The van der Waals surface area contributed by atoms with Crippen LogP contribution >= 0.6 is 0 Å². The second-order valence-electron chi connectivity index (χ2n) is 17.9. The maximum atomic E-state index is 9.31. The fourth-order valence-corrected chi connectivity index (χ4v) is 9.16.